The van der Waals surface area contributed by atoms with E-state index >= 15 is 0 Å². The van der Waals surface area contributed by atoms with Crippen LogP contribution in [0, 0.1) is 13.8 Å². The van der Waals surface area contributed by atoms with E-state index in [9.17, 15) is 4.79 Å². The molecule has 4 aromatic rings. The predicted octanol–water partition coefficient (Wildman–Crippen LogP) is 4.08. The van der Waals surface area contributed by atoms with Crippen LogP contribution >= 0.6 is 0 Å². The minimum Gasteiger partial charge on any atom is -0.420 e. The monoisotopic (exact) mass is 358 g/mol. The van der Waals surface area contributed by atoms with Gasteiger partial charge in [-0.2, -0.15) is 0 Å². The fraction of sp³-hybridized carbons (Fsp3) is 0.143. The highest BCUT2D eigenvalue weighted by Crippen LogP contribution is 2.23. The zero-order valence-corrected chi connectivity index (χ0v) is 15.1. The maximum Gasteiger partial charge on any atom is 0.247 e. The Labute approximate surface area is 156 Å². The fourth-order valence-electron chi connectivity index (χ4n) is 2.94. The van der Waals surface area contributed by atoms with Gasteiger partial charge in [-0.25, -0.2) is 0 Å². The number of anilines is 1. The molecule has 6 heteroatoms. The maximum absolute atomic E-state index is 12.3. The van der Waals surface area contributed by atoms with Crippen molar-refractivity contribution in [3.8, 4) is 11.5 Å². The number of carbonyl (C=O) groups is 1. The zero-order valence-electron chi connectivity index (χ0n) is 15.1. The van der Waals surface area contributed by atoms with Gasteiger partial charge in [0.15, 0.2) is 0 Å². The van der Waals surface area contributed by atoms with E-state index in [0.717, 1.165) is 33.3 Å². The van der Waals surface area contributed by atoms with Crippen molar-refractivity contribution in [2.24, 2.45) is 0 Å². The van der Waals surface area contributed by atoms with Crippen LogP contribution in [0.3, 0.4) is 0 Å². The highest BCUT2D eigenvalue weighted by Gasteiger charge is 2.14. The third-order valence-corrected chi connectivity index (χ3v) is 4.28. The molecule has 4 rings (SSSR count). The topological polar surface area (TPSA) is 80.9 Å². The number of pyridine rings is 1. The molecule has 0 radical (unpaired) electrons. The van der Waals surface area contributed by atoms with Crippen LogP contribution in [0.15, 0.2) is 59.1 Å². The van der Waals surface area contributed by atoms with Gasteiger partial charge in [-0.1, -0.05) is 23.8 Å². The zero-order chi connectivity index (χ0) is 18.8. The molecule has 0 fully saturated rings. The normalized spacial score (nSPS) is 10.9. The van der Waals surface area contributed by atoms with Gasteiger partial charge in [0.25, 0.3) is 0 Å². The van der Waals surface area contributed by atoms with Crippen molar-refractivity contribution >= 4 is 22.5 Å². The number of carbonyl (C=O) groups excluding carboxylic acids is 1. The molecule has 1 amide bonds. The number of hydrogen-bond acceptors (Lipinski definition) is 5. The van der Waals surface area contributed by atoms with Crippen molar-refractivity contribution in [1.82, 2.24) is 15.2 Å². The summed E-state index contributed by atoms with van der Waals surface area (Å²) in [5, 5.41) is 11.9. The summed E-state index contributed by atoms with van der Waals surface area (Å²) >= 11 is 0. The second-order valence-electron chi connectivity index (χ2n) is 6.46. The average Bonchev–Trinajstić information content (AvgIpc) is 3.12. The van der Waals surface area contributed by atoms with Crippen molar-refractivity contribution in [3.05, 3.63) is 71.7 Å². The van der Waals surface area contributed by atoms with Gasteiger partial charge in [0, 0.05) is 22.8 Å². The van der Waals surface area contributed by atoms with Crippen molar-refractivity contribution in [3.63, 3.8) is 0 Å². The Bertz CT molecular complexity index is 1130. The van der Waals surface area contributed by atoms with Crippen molar-refractivity contribution in [2.75, 3.05) is 5.32 Å². The van der Waals surface area contributed by atoms with Gasteiger partial charge in [-0.15, -0.1) is 10.2 Å². The number of amides is 1. The van der Waals surface area contributed by atoms with E-state index in [4.69, 9.17) is 4.42 Å². The number of fused-ring (bicyclic) bond motifs is 1. The molecule has 1 N–H and O–H groups in total. The minimum atomic E-state index is -0.195. The maximum atomic E-state index is 12.3. The lowest BCUT2D eigenvalue weighted by Crippen LogP contribution is -2.15. The lowest BCUT2D eigenvalue weighted by Gasteiger charge is -2.07. The molecule has 0 saturated carbocycles. The molecule has 2 aromatic heterocycles. The second kappa shape index (κ2) is 6.99. The van der Waals surface area contributed by atoms with Gasteiger partial charge >= 0.3 is 0 Å². The molecule has 0 aliphatic rings. The molecule has 6 nitrogen and oxygen atoms in total. The van der Waals surface area contributed by atoms with Crippen LogP contribution in [0.4, 0.5) is 5.69 Å². The van der Waals surface area contributed by atoms with E-state index in [-0.39, 0.29) is 18.2 Å². The number of nitrogens with zero attached hydrogens (tertiary/aromatic N) is 3. The minimum absolute atomic E-state index is 0.0233. The van der Waals surface area contributed by atoms with Crippen molar-refractivity contribution in [1.29, 1.82) is 0 Å². The van der Waals surface area contributed by atoms with Gasteiger partial charge in [0.1, 0.15) is 6.42 Å². The SMILES string of the molecule is Cc1ccc(NC(=O)Cc2nnc(-c3ccc4ncccc4c3)o2)c(C)c1. The van der Waals surface area contributed by atoms with Crippen LogP contribution in [-0.2, 0) is 11.2 Å². The Balaban J connectivity index is 1.49. The first-order valence-electron chi connectivity index (χ1n) is 8.63. The smallest absolute Gasteiger partial charge is 0.247 e. The first-order valence-corrected chi connectivity index (χ1v) is 8.63. The van der Waals surface area contributed by atoms with Crippen LogP contribution in [0.5, 0.6) is 0 Å². The highest BCUT2D eigenvalue weighted by molar-refractivity contribution is 5.92. The summed E-state index contributed by atoms with van der Waals surface area (Å²) in [7, 11) is 0. The molecule has 0 aliphatic heterocycles. The average molecular weight is 358 g/mol. The third kappa shape index (κ3) is 3.69. The number of aromatic nitrogens is 3. The number of aryl methyl sites for hydroxylation is 2. The number of rotatable bonds is 4. The van der Waals surface area contributed by atoms with E-state index in [0.29, 0.717) is 5.89 Å². The largest absolute Gasteiger partial charge is 0.420 e. The van der Waals surface area contributed by atoms with Crippen LogP contribution in [0.2, 0.25) is 0 Å². The molecule has 0 saturated heterocycles. The Morgan fingerprint density at radius 2 is 1.96 bits per heavy atom. The van der Waals surface area contributed by atoms with E-state index in [1.54, 1.807) is 6.20 Å². The lowest BCUT2D eigenvalue weighted by molar-refractivity contribution is -0.115. The van der Waals surface area contributed by atoms with Gasteiger partial charge in [0.05, 0.1) is 5.52 Å². The van der Waals surface area contributed by atoms with Crippen LogP contribution < -0.4 is 5.32 Å². The first kappa shape index (κ1) is 16.9. The molecule has 2 heterocycles. The Morgan fingerprint density at radius 3 is 2.81 bits per heavy atom. The molecular formula is C21H18N4O2. The van der Waals surface area contributed by atoms with Crippen LogP contribution in [0.25, 0.3) is 22.4 Å². The van der Waals surface area contributed by atoms with Crippen LogP contribution in [0.1, 0.15) is 17.0 Å². The molecule has 0 aliphatic carbocycles. The van der Waals surface area contributed by atoms with E-state index < -0.39 is 0 Å². The summed E-state index contributed by atoms with van der Waals surface area (Å²) in [5.41, 5.74) is 4.64. The summed E-state index contributed by atoms with van der Waals surface area (Å²) in [6.45, 7) is 3.98. The van der Waals surface area contributed by atoms with Gasteiger partial charge < -0.3 is 9.73 Å². The van der Waals surface area contributed by atoms with Crippen molar-refractivity contribution in [2.45, 2.75) is 20.3 Å². The molecule has 0 bridgehead atoms. The Kier molecular flexibility index (Phi) is 4.38. The molecule has 0 spiro atoms. The summed E-state index contributed by atoms with van der Waals surface area (Å²) in [6.07, 6.45) is 1.77. The molecule has 134 valence electrons. The van der Waals surface area contributed by atoms with E-state index in [1.807, 2.05) is 62.4 Å². The first-order chi connectivity index (χ1) is 13.1. The van der Waals surface area contributed by atoms with Crippen LogP contribution in [-0.4, -0.2) is 21.1 Å². The van der Waals surface area contributed by atoms with Gasteiger partial charge in [0.2, 0.25) is 17.7 Å². The Morgan fingerprint density at radius 1 is 1.07 bits per heavy atom. The quantitative estimate of drug-likeness (QED) is 0.594. The summed E-state index contributed by atoms with van der Waals surface area (Å²) in [6, 6.07) is 15.4. The predicted molar refractivity (Wildman–Crippen MR) is 103 cm³/mol. The second-order valence-corrected chi connectivity index (χ2v) is 6.46. The molecule has 2 aromatic carbocycles. The summed E-state index contributed by atoms with van der Waals surface area (Å²) in [5.74, 6) is 0.466. The number of nitrogens with one attached hydrogen (secondary N) is 1. The van der Waals surface area contributed by atoms with Gasteiger partial charge in [-0.3, -0.25) is 9.78 Å². The summed E-state index contributed by atoms with van der Waals surface area (Å²) in [4.78, 5) is 16.6. The fourth-order valence-corrected chi connectivity index (χ4v) is 2.94. The number of hydrogen-bond donors (Lipinski definition) is 1. The lowest BCUT2D eigenvalue weighted by atomic mass is 10.1. The van der Waals surface area contributed by atoms with Crippen molar-refractivity contribution < 1.29 is 9.21 Å². The molecular weight excluding hydrogens is 340 g/mol. The standard InChI is InChI=1S/C21H18N4O2/c1-13-5-7-17(14(2)10-13)23-19(26)12-20-24-25-21(27-20)16-6-8-18-15(11-16)4-3-9-22-18/h3-11H,12H2,1-2H3,(H,23,26). The summed E-state index contributed by atoms with van der Waals surface area (Å²) < 4.78 is 5.67. The Hall–Kier alpha value is -3.54. The van der Waals surface area contributed by atoms with E-state index in [1.165, 1.54) is 0 Å². The van der Waals surface area contributed by atoms with Gasteiger partial charge in [-0.05, 0) is 49.7 Å². The number of benzene rings is 2. The van der Waals surface area contributed by atoms with E-state index in [2.05, 4.69) is 20.5 Å². The third-order valence-electron chi connectivity index (χ3n) is 4.28. The highest BCUT2D eigenvalue weighted by atomic mass is 16.4. The molecule has 0 unspecified atom stereocenters. The molecule has 0 atom stereocenters. The molecule has 27 heavy (non-hydrogen) atoms.